The summed E-state index contributed by atoms with van der Waals surface area (Å²) in [6, 6.07) is 54.8. The monoisotopic (exact) mass is 800 g/mol. The second-order valence-electron chi connectivity index (χ2n) is 12.2. The third-order valence-electron chi connectivity index (χ3n) is 8.88. The molecule has 5 aromatic carbocycles. The molecule has 0 radical (unpaired) electrons. The van der Waals surface area contributed by atoms with E-state index in [9.17, 15) is 0 Å². The molecule has 0 bridgehead atoms. The maximum absolute atomic E-state index is 6.39. The van der Waals surface area contributed by atoms with Crippen LogP contribution in [0.4, 0.5) is 0 Å². The van der Waals surface area contributed by atoms with E-state index in [1.165, 1.54) is 16.7 Å². The topological polar surface area (TPSA) is 39.9 Å². The summed E-state index contributed by atoms with van der Waals surface area (Å²) < 4.78 is 8.59. The zero-order valence-corrected chi connectivity index (χ0v) is 28.8. The molecular weight excluding hydrogens is 770 g/mol. The average Bonchev–Trinajstić information content (AvgIpc) is 3.46. The van der Waals surface area contributed by atoms with Gasteiger partial charge < -0.3 is 14.3 Å². The fourth-order valence-corrected chi connectivity index (χ4v) is 6.28. The van der Waals surface area contributed by atoms with Gasteiger partial charge in [-0.3, -0.25) is 0 Å². The second-order valence-corrected chi connectivity index (χ2v) is 12.2. The Morgan fingerprint density at radius 1 is 0.583 bits per heavy atom. The average molecular weight is 801 g/mol. The van der Waals surface area contributed by atoms with Gasteiger partial charge in [0.15, 0.2) is 0 Å². The Balaban J connectivity index is 0.00000364. The van der Waals surface area contributed by atoms with Crippen molar-refractivity contribution in [3.05, 3.63) is 175 Å². The smallest absolute Gasteiger partial charge is 0.503 e. The van der Waals surface area contributed by atoms with Crippen molar-refractivity contribution in [2.24, 2.45) is 0 Å². The molecule has 48 heavy (non-hydrogen) atoms. The Morgan fingerprint density at radius 2 is 1.35 bits per heavy atom. The maximum atomic E-state index is 6.39. The third-order valence-corrected chi connectivity index (χ3v) is 8.88. The molecule has 0 saturated heterocycles. The van der Waals surface area contributed by atoms with Crippen LogP contribution in [-0.2, 0) is 26.5 Å². The zero-order valence-electron chi connectivity index (χ0n) is 26.5. The zero-order chi connectivity index (χ0) is 31.8. The van der Waals surface area contributed by atoms with Gasteiger partial charge in [-0.05, 0) is 57.6 Å². The molecule has 4 nitrogen and oxygen atoms in total. The van der Waals surface area contributed by atoms with Crippen molar-refractivity contribution < 1.29 is 25.8 Å². The molecule has 5 heteroatoms. The standard InChI is InChI=1S/C43H31N3O.Pt/c1-43(2,33-15-7-4-8-16-33)34-23-25-45-42(28-34)46-40-22-19-31(30-12-5-3-6-13-30)27-38(40)37-21-20-36(29-41(37)46)47-35-17-11-14-32(26-35)39-18-9-10-24-44-39;/h3-25,27-28H,1-2H3;/q-2;+2. The van der Waals surface area contributed by atoms with Crippen LogP contribution in [0.5, 0.6) is 11.5 Å². The van der Waals surface area contributed by atoms with E-state index in [2.05, 4.69) is 127 Å². The van der Waals surface area contributed by atoms with E-state index in [0.29, 0.717) is 11.5 Å². The van der Waals surface area contributed by atoms with Crippen molar-refractivity contribution in [1.29, 1.82) is 0 Å². The van der Waals surface area contributed by atoms with Gasteiger partial charge in [-0.25, -0.2) is 4.98 Å². The van der Waals surface area contributed by atoms with Gasteiger partial charge in [0.2, 0.25) is 0 Å². The summed E-state index contributed by atoms with van der Waals surface area (Å²) in [7, 11) is 0. The number of pyridine rings is 2. The van der Waals surface area contributed by atoms with Crippen LogP contribution in [0.15, 0.2) is 152 Å². The fourth-order valence-electron chi connectivity index (χ4n) is 6.28. The SMILES string of the molecule is CC(C)(c1ccccc1)c1ccnc(-n2c3[c-]c(Oc4[c-]c(-c5ccccn5)ccc4)ccc3c3cc(-c4ccccc4)ccc32)c1.[Pt+2]. The van der Waals surface area contributed by atoms with Crippen LogP contribution in [0.3, 0.4) is 0 Å². The number of ether oxygens (including phenoxy) is 1. The Bertz CT molecular complexity index is 2350. The minimum absolute atomic E-state index is 0. The minimum Gasteiger partial charge on any atom is -0.503 e. The molecule has 0 N–H and O–H groups in total. The third kappa shape index (κ3) is 5.85. The van der Waals surface area contributed by atoms with Crippen LogP contribution in [-0.4, -0.2) is 14.5 Å². The quantitative estimate of drug-likeness (QED) is 0.151. The van der Waals surface area contributed by atoms with Gasteiger partial charge in [0.1, 0.15) is 5.82 Å². The molecule has 0 spiro atoms. The van der Waals surface area contributed by atoms with Crippen molar-refractivity contribution in [3.8, 4) is 39.7 Å². The van der Waals surface area contributed by atoms with Gasteiger partial charge in [-0.15, -0.1) is 41.3 Å². The molecule has 8 rings (SSSR count). The fraction of sp³-hybridized carbons (Fsp3) is 0.0698. The van der Waals surface area contributed by atoms with Crippen LogP contribution >= 0.6 is 0 Å². The summed E-state index contributed by atoms with van der Waals surface area (Å²) in [6.07, 6.45) is 3.69. The first kappa shape index (κ1) is 31.3. The number of hydrogen-bond donors (Lipinski definition) is 0. The number of hydrogen-bond acceptors (Lipinski definition) is 3. The normalized spacial score (nSPS) is 11.4. The molecule has 234 valence electrons. The van der Waals surface area contributed by atoms with Gasteiger partial charge in [-0.1, -0.05) is 110 Å². The molecule has 8 aromatic rings. The van der Waals surface area contributed by atoms with Gasteiger partial charge in [0.25, 0.3) is 0 Å². The van der Waals surface area contributed by atoms with E-state index >= 15 is 0 Å². The van der Waals surface area contributed by atoms with E-state index in [-0.39, 0.29) is 26.5 Å². The largest absolute Gasteiger partial charge is 2.00 e. The van der Waals surface area contributed by atoms with E-state index < -0.39 is 0 Å². The van der Waals surface area contributed by atoms with Gasteiger partial charge in [-0.2, -0.15) is 6.07 Å². The molecule has 0 aliphatic heterocycles. The van der Waals surface area contributed by atoms with Crippen molar-refractivity contribution in [2.75, 3.05) is 0 Å². The summed E-state index contributed by atoms with van der Waals surface area (Å²) in [5.74, 6) is 2.03. The van der Waals surface area contributed by atoms with Crippen LogP contribution in [0.25, 0.3) is 50.0 Å². The Hall–Kier alpha value is -5.31. The maximum Gasteiger partial charge on any atom is 2.00 e. The molecule has 0 unspecified atom stereocenters. The molecule has 0 aliphatic rings. The number of rotatable bonds is 7. The Kier molecular flexibility index (Phi) is 8.52. The molecule has 0 amide bonds. The van der Waals surface area contributed by atoms with Crippen molar-refractivity contribution >= 4 is 21.8 Å². The van der Waals surface area contributed by atoms with E-state index in [1.807, 2.05) is 54.7 Å². The summed E-state index contributed by atoms with van der Waals surface area (Å²) in [6.45, 7) is 4.51. The van der Waals surface area contributed by atoms with Crippen LogP contribution in [0.1, 0.15) is 25.0 Å². The van der Waals surface area contributed by atoms with Crippen LogP contribution < -0.4 is 4.74 Å². The van der Waals surface area contributed by atoms with E-state index in [0.717, 1.165) is 44.4 Å². The van der Waals surface area contributed by atoms with E-state index in [4.69, 9.17) is 9.72 Å². The predicted molar refractivity (Wildman–Crippen MR) is 190 cm³/mol. The summed E-state index contributed by atoms with van der Waals surface area (Å²) >= 11 is 0. The molecule has 3 heterocycles. The van der Waals surface area contributed by atoms with Gasteiger partial charge in [0.05, 0.1) is 0 Å². The molecule has 0 fully saturated rings. The second kappa shape index (κ2) is 13.1. The Morgan fingerprint density at radius 3 is 2.15 bits per heavy atom. The minimum atomic E-state index is -0.218. The Labute approximate surface area is 295 Å². The molecular formula is C43H31N3OPt. The first-order chi connectivity index (χ1) is 23.0. The molecule has 3 aromatic heterocycles. The number of nitrogens with zero attached hydrogens (tertiary/aromatic N) is 3. The number of aromatic nitrogens is 3. The molecule has 0 saturated carbocycles. The number of fused-ring (bicyclic) bond motifs is 3. The first-order valence-corrected chi connectivity index (χ1v) is 15.7. The summed E-state index contributed by atoms with van der Waals surface area (Å²) in [5.41, 5.74) is 8.20. The molecule has 0 aliphatic carbocycles. The van der Waals surface area contributed by atoms with Crippen molar-refractivity contribution in [3.63, 3.8) is 0 Å². The van der Waals surface area contributed by atoms with Gasteiger partial charge in [0, 0.05) is 34.8 Å². The van der Waals surface area contributed by atoms with Crippen LogP contribution in [0.2, 0.25) is 0 Å². The summed E-state index contributed by atoms with van der Waals surface area (Å²) in [5, 5.41) is 2.20. The van der Waals surface area contributed by atoms with Crippen molar-refractivity contribution in [2.45, 2.75) is 19.3 Å². The predicted octanol–water partition coefficient (Wildman–Crippen LogP) is 10.6. The van der Waals surface area contributed by atoms with Crippen molar-refractivity contribution in [1.82, 2.24) is 14.5 Å². The van der Waals surface area contributed by atoms with Crippen LogP contribution in [0, 0.1) is 12.1 Å². The number of benzene rings is 5. The van der Waals surface area contributed by atoms with E-state index in [1.54, 1.807) is 6.20 Å². The summed E-state index contributed by atoms with van der Waals surface area (Å²) in [4.78, 5) is 9.39. The molecule has 0 atom stereocenters. The first-order valence-electron chi connectivity index (χ1n) is 15.7. The van der Waals surface area contributed by atoms with Gasteiger partial charge >= 0.3 is 21.1 Å².